The molecule has 2 N–H and O–H groups in total. The van der Waals surface area contributed by atoms with E-state index < -0.39 is 5.91 Å². The summed E-state index contributed by atoms with van der Waals surface area (Å²) in [4.78, 5) is 24.1. The highest BCUT2D eigenvalue weighted by atomic mass is 79.9. The SMILES string of the molecule is COc1ccc(C(=O)NCC(=O)N/N=C/c2ccccc2OCc2ccc(Br)cc2)cc1. The first-order valence-electron chi connectivity index (χ1n) is 9.75. The molecule has 0 unspecified atom stereocenters. The van der Waals surface area contributed by atoms with Crippen LogP contribution in [-0.2, 0) is 11.4 Å². The topological polar surface area (TPSA) is 89.0 Å². The zero-order chi connectivity index (χ0) is 22.8. The van der Waals surface area contributed by atoms with Gasteiger partial charge < -0.3 is 14.8 Å². The van der Waals surface area contributed by atoms with E-state index in [2.05, 4.69) is 31.8 Å². The van der Waals surface area contributed by atoms with Crippen LogP contribution >= 0.6 is 15.9 Å². The number of para-hydroxylation sites is 1. The molecule has 32 heavy (non-hydrogen) atoms. The number of nitrogens with zero attached hydrogens (tertiary/aromatic N) is 1. The van der Waals surface area contributed by atoms with E-state index in [9.17, 15) is 9.59 Å². The molecule has 164 valence electrons. The van der Waals surface area contributed by atoms with Crippen molar-refractivity contribution in [2.75, 3.05) is 13.7 Å². The summed E-state index contributed by atoms with van der Waals surface area (Å²) in [5.41, 5.74) is 4.57. The Labute approximate surface area is 194 Å². The Balaban J connectivity index is 1.49. The van der Waals surface area contributed by atoms with E-state index in [1.54, 1.807) is 31.4 Å². The molecule has 0 radical (unpaired) electrons. The minimum atomic E-state index is -0.448. The Hall–Kier alpha value is -3.65. The Morgan fingerprint density at radius 1 is 1.00 bits per heavy atom. The quantitative estimate of drug-likeness (QED) is 0.347. The van der Waals surface area contributed by atoms with E-state index in [1.165, 1.54) is 6.21 Å². The molecule has 2 amide bonds. The number of halogens is 1. The fourth-order valence-electron chi connectivity index (χ4n) is 2.68. The maximum absolute atomic E-state index is 12.1. The van der Waals surface area contributed by atoms with Gasteiger partial charge in [0.2, 0.25) is 0 Å². The average Bonchev–Trinajstić information content (AvgIpc) is 2.83. The van der Waals surface area contributed by atoms with Crippen LogP contribution < -0.4 is 20.2 Å². The van der Waals surface area contributed by atoms with Crippen molar-refractivity contribution in [2.45, 2.75) is 6.61 Å². The maximum Gasteiger partial charge on any atom is 0.259 e. The molecule has 0 atom stereocenters. The number of carbonyl (C=O) groups is 2. The van der Waals surface area contributed by atoms with Crippen LogP contribution in [0.3, 0.4) is 0 Å². The summed E-state index contributed by atoms with van der Waals surface area (Å²) in [6.45, 7) is 0.200. The number of carbonyl (C=O) groups excluding carboxylic acids is 2. The van der Waals surface area contributed by atoms with Crippen molar-refractivity contribution in [3.63, 3.8) is 0 Å². The molecule has 0 spiro atoms. The molecule has 7 nitrogen and oxygen atoms in total. The first-order chi connectivity index (χ1) is 15.5. The molecule has 0 fully saturated rings. The molecule has 0 heterocycles. The second-order valence-corrected chi connectivity index (χ2v) is 7.57. The number of amides is 2. The standard InChI is InChI=1S/C24H22BrN3O4/c1-31-21-12-8-18(9-13-21)24(30)26-15-23(29)28-27-14-19-4-2-3-5-22(19)32-16-17-6-10-20(25)11-7-17/h2-14H,15-16H2,1H3,(H,26,30)(H,28,29)/b27-14+. The van der Waals surface area contributed by atoms with Gasteiger partial charge in [0.05, 0.1) is 19.9 Å². The van der Waals surface area contributed by atoms with Gasteiger partial charge in [-0.15, -0.1) is 0 Å². The number of hydrogen-bond donors (Lipinski definition) is 2. The van der Waals surface area contributed by atoms with Gasteiger partial charge in [-0.3, -0.25) is 9.59 Å². The van der Waals surface area contributed by atoms with Gasteiger partial charge in [-0.2, -0.15) is 5.10 Å². The van der Waals surface area contributed by atoms with Crippen molar-refractivity contribution in [2.24, 2.45) is 5.10 Å². The summed E-state index contributed by atoms with van der Waals surface area (Å²) in [6, 6.07) is 21.8. The summed E-state index contributed by atoms with van der Waals surface area (Å²) in [7, 11) is 1.55. The third-order valence-electron chi connectivity index (χ3n) is 4.38. The second-order valence-electron chi connectivity index (χ2n) is 6.66. The highest BCUT2D eigenvalue weighted by molar-refractivity contribution is 9.10. The molecule has 3 aromatic rings. The minimum Gasteiger partial charge on any atom is -0.497 e. The Kier molecular flexibility index (Phi) is 8.39. The number of methoxy groups -OCH3 is 1. The first kappa shape index (κ1) is 23.0. The van der Waals surface area contributed by atoms with Crippen molar-refractivity contribution < 1.29 is 19.1 Å². The molecule has 0 aliphatic carbocycles. The van der Waals surface area contributed by atoms with Crippen LogP contribution in [0.5, 0.6) is 11.5 Å². The third-order valence-corrected chi connectivity index (χ3v) is 4.91. The minimum absolute atomic E-state index is 0.204. The van der Waals surface area contributed by atoms with Gasteiger partial charge in [-0.25, -0.2) is 5.43 Å². The van der Waals surface area contributed by atoms with Crippen LogP contribution in [0.4, 0.5) is 0 Å². The van der Waals surface area contributed by atoms with E-state index in [-0.39, 0.29) is 12.5 Å². The highest BCUT2D eigenvalue weighted by Crippen LogP contribution is 2.18. The summed E-state index contributed by atoms with van der Waals surface area (Å²) in [5.74, 6) is 0.478. The predicted molar refractivity (Wildman–Crippen MR) is 126 cm³/mol. The molecule has 0 aliphatic rings. The molecule has 0 saturated carbocycles. The number of hydrogen-bond acceptors (Lipinski definition) is 5. The maximum atomic E-state index is 12.1. The number of hydrazone groups is 1. The number of ether oxygens (including phenoxy) is 2. The summed E-state index contributed by atoms with van der Waals surface area (Å²) >= 11 is 3.41. The summed E-state index contributed by atoms with van der Waals surface area (Å²) in [5, 5.41) is 6.51. The third kappa shape index (κ3) is 6.95. The molecule has 0 bridgehead atoms. The van der Waals surface area contributed by atoms with Crippen molar-refractivity contribution >= 4 is 34.0 Å². The van der Waals surface area contributed by atoms with Crippen molar-refractivity contribution in [3.8, 4) is 11.5 Å². The summed E-state index contributed by atoms with van der Waals surface area (Å²) < 4.78 is 11.9. The van der Waals surface area contributed by atoms with Crippen molar-refractivity contribution in [1.82, 2.24) is 10.7 Å². The fraction of sp³-hybridized carbons (Fsp3) is 0.125. The van der Waals surface area contributed by atoms with Crippen molar-refractivity contribution in [1.29, 1.82) is 0 Å². The second kappa shape index (κ2) is 11.7. The van der Waals surface area contributed by atoms with Gasteiger partial charge >= 0.3 is 0 Å². The lowest BCUT2D eigenvalue weighted by Crippen LogP contribution is -2.34. The molecule has 0 aliphatic heterocycles. The van der Waals surface area contributed by atoms with Crippen LogP contribution in [-0.4, -0.2) is 31.7 Å². The fourth-order valence-corrected chi connectivity index (χ4v) is 2.94. The largest absolute Gasteiger partial charge is 0.497 e. The van der Waals surface area contributed by atoms with Gasteiger partial charge in [0, 0.05) is 15.6 Å². The lowest BCUT2D eigenvalue weighted by molar-refractivity contribution is -0.120. The van der Waals surface area contributed by atoms with Crippen molar-refractivity contribution in [3.05, 3.63) is 94.0 Å². The molecule has 3 aromatic carbocycles. The van der Waals surface area contributed by atoms with Crippen LogP contribution in [0.1, 0.15) is 21.5 Å². The Morgan fingerprint density at radius 3 is 2.44 bits per heavy atom. The summed E-state index contributed by atoms with van der Waals surface area (Å²) in [6.07, 6.45) is 1.50. The molecule has 8 heteroatoms. The van der Waals surface area contributed by atoms with Crippen LogP contribution in [0.15, 0.2) is 82.4 Å². The van der Waals surface area contributed by atoms with Gasteiger partial charge in [0.15, 0.2) is 0 Å². The lowest BCUT2D eigenvalue weighted by Gasteiger charge is -2.09. The van der Waals surface area contributed by atoms with Gasteiger partial charge in [0.25, 0.3) is 11.8 Å². The van der Waals surface area contributed by atoms with E-state index in [0.29, 0.717) is 29.2 Å². The van der Waals surface area contributed by atoms with E-state index >= 15 is 0 Å². The van der Waals surface area contributed by atoms with Gasteiger partial charge in [-0.1, -0.05) is 40.2 Å². The molecular formula is C24H22BrN3O4. The normalized spacial score (nSPS) is 10.6. The number of rotatable bonds is 9. The molecule has 3 rings (SSSR count). The number of benzene rings is 3. The van der Waals surface area contributed by atoms with Gasteiger partial charge in [0.1, 0.15) is 18.1 Å². The average molecular weight is 496 g/mol. The Morgan fingerprint density at radius 2 is 1.72 bits per heavy atom. The monoisotopic (exact) mass is 495 g/mol. The first-order valence-corrected chi connectivity index (χ1v) is 10.5. The van der Waals surface area contributed by atoms with Gasteiger partial charge in [-0.05, 0) is 54.1 Å². The lowest BCUT2D eigenvalue weighted by atomic mass is 10.2. The molecule has 0 saturated heterocycles. The van der Waals surface area contributed by atoms with Crippen LogP contribution in [0.2, 0.25) is 0 Å². The highest BCUT2D eigenvalue weighted by Gasteiger charge is 2.08. The Bertz CT molecular complexity index is 1080. The zero-order valence-electron chi connectivity index (χ0n) is 17.4. The molecule has 0 aromatic heterocycles. The number of nitrogens with one attached hydrogen (secondary N) is 2. The van der Waals surface area contributed by atoms with E-state index in [1.807, 2.05) is 48.5 Å². The van der Waals surface area contributed by atoms with Crippen LogP contribution in [0.25, 0.3) is 0 Å². The predicted octanol–water partition coefficient (Wildman–Crippen LogP) is 3.92. The molecular weight excluding hydrogens is 474 g/mol. The van der Waals surface area contributed by atoms with E-state index in [0.717, 1.165) is 10.0 Å². The smallest absolute Gasteiger partial charge is 0.259 e. The van der Waals surface area contributed by atoms with E-state index in [4.69, 9.17) is 9.47 Å². The zero-order valence-corrected chi connectivity index (χ0v) is 19.0. The van der Waals surface area contributed by atoms with Crippen LogP contribution in [0, 0.1) is 0 Å².